The van der Waals surface area contributed by atoms with Crippen molar-refractivity contribution in [1.82, 2.24) is 10.6 Å². The summed E-state index contributed by atoms with van der Waals surface area (Å²) < 4.78 is 0. The molecule has 0 spiro atoms. The number of aliphatic imine (C=N–C) groups is 1. The van der Waals surface area contributed by atoms with E-state index in [1.165, 1.54) is 18.4 Å². The van der Waals surface area contributed by atoms with E-state index in [4.69, 9.17) is 0 Å². The van der Waals surface area contributed by atoms with Crippen LogP contribution in [-0.4, -0.2) is 26.1 Å². The average Bonchev–Trinajstić information content (AvgIpc) is 3.27. The summed E-state index contributed by atoms with van der Waals surface area (Å²) in [6.07, 6.45) is 2.73. The average molecular weight is 401 g/mol. The molecule has 1 aromatic carbocycles. The molecule has 0 bridgehead atoms. The van der Waals surface area contributed by atoms with Crippen LogP contribution < -0.4 is 10.6 Å². The molecule has 118 valence electrons. The van der Waals surface area contributed by atoms with Crippen LogP contribution in [0.5, 0.6) is 0 Å². The zero-order valence-electron chi connectivity index (χ0n) is 13.3. The van der Waals surface area contributed by atoms with Crippen molar-refractivity contribution in [2.45, 2.75) is 32.6 Å². The highest BCUT2D eigenvalue weighted by Crippen LogP contribution is 2.27. The molecule has 3 nitrogen and oxygen atoms in total. The largest absolute Gasteiger partial charge is 0.356 e. The molecule has 1 unspecified atom stereocenters. The van der Waals surface area contributed by atoms with E-state index in [1.54, 1.807) is 0 Å². The molecule has 1 aliphatic carbocycles. The van der Waals surface area contributed by atoms with Crippen molar-refractivity contribution < 1.29 is 0 Å². The standard InChI is InChI=1S/C17H27N3.HI/c1-13(2)16(15-7-5-4-6-8-15)12-20-17(18-3)19-11-14-9-10-14;/h4-8,13-14,16H,9-12H2,1-3H3,(H2,18,19,20);1H. The number of nitrogens with one attached hydrogen (secondary N) is 2. The van der Waals surface area contributed by atoms with E-state index in [0.717, 1.165) is 25.0 Å². The fraction of sp³-hybridized carbons (Fsp3) is 0.588. The van der Waals surface area contributed by atoms with E-state index in [2.05, 4.69) is 59.8 Å². The Kier molecular flexibility index (Phi) is 8.07. The lowest BCUT2D eigenvalue weighted by atomic mass is 9.88. The molecular weight excluding hydrogens is 373 g/mol. The van der Waals surface area contributed by atoms with Crippen LogP contribution in [0.3, 0.4) is 0 Å². The molecule has 1 fully saturated rings. The zero-order chi connectivity index (χ0) is 14.4. The number of benzene rings is 1. The number of hydrogen-bond acceptors (Lipinski definition) is 1. The first-order chi connectivity index (χ1) is 9.70. The maximum atomic E-state index is 4.31. The maximum absolute atomic E-state index is 4.31. The SMILES string of the molecule is CN=C(NCC1CC1)NCC(c1ccccc1)C(C)C.I. The van der Waals surface area contributed by atoms with Gasteiger partial charge in [-0.15, -0.1) is 24.0 Å². The molecule has 21 heavy (non-hydrogen) atoms. The summed E-state index contributed by atoms with van der Waals surface area (Å²) in [4.78, 5) is 4.31. The first kappa shape index (κ1) is 18.3. The van der Waals surface area contributed by atoms with Gasteiger partial charge in [-0.2, -0.15) is 0 Å². The first-order valence-corrected chi connectivity index (χ1v) is 7.70. The van der Waals surface area contributed by atoms with Gasteiger partial charge in [0.15, 0.2) is 5.96 Å². The van der Waals surface area contributed by atoms with Crippen LogP contribution in [0.1, 0.15) is 38.2 Å². The molecular formula is C17H28IN3. The normalized spacial score (nSPS) is 16.3. The Morgan fingerprint density at radius 3 is 2.38 bits per heavy atom. The number of guanidine groups is 1. The second-order valence-corrected chi connectivity index (χ2v) is 6.04. The Hall–Kier alpha value is -0.780. The van der Waals surface area contributed by atoms with Crippen LogP contribution in [0.25, 0.3) is 0 Å². The third kappa shape index (κ3) is 6.24. The molecule has 0 heterocycles. The predicted molar refractivity (Wildman–Crippen MR) is 102 cm³/mol. The van der Waals surface area contributed by atoms with Gasteiger partial charge in [-0.05, 0) is 30.2 Å². The Labute approximate surface area is 146 Å². The van der Waals surface area contributed by atoms with Gasteiger partial charge >= 0.3 is 0 Å². The fourth-order valence-electron chi connectivity index (χ4n) is 2.43. The van der Waals surface area contributed by atoms with Gasteiger partial charge in [0.2, 0.25) is 0 Å². The van der Waals surface area contributed by atoms with Gasteiger partial charge in [-0.1, -0.05) is 44.2 Å². The second kappa shape index (κ2) is 9.28. The molecule has 1 saturated carbocycles. The third-order valence-electron chi connectivity index (χ3n) is 4.00. The van der Waals surface area contributed by atoms with Gasteiger partial charge in [0.1, 0.15) is 0 Å². The lowest BCUT2D eigenvalue weighted by Crippen LogP contribution is -2.40. The summed E-state index contributed by atoms with van der Waals surface area (Å²) >= 11 is 0. The lowest BCUT2D eigenvalue weighted by molar-refractivity contribution is 0.487. The van der Waals surface area contributed by atoms with Crippen molar-refractivity contribution in [3.63, 3.8) is 0 Å². The van der Waals surface area contributed by atoms with Crippen molar-refractivity contribution >= 4 is 29.9 Å². The molecule has 1 aromatic rings. The van der Waals surface area contributed by atoms with Gasteiger partial charge in [0.25, 0.3) is 0 Å². The van der Waals surface area contributed by atoms with Crippen LogP contribution in [0.4, 0.5) is 0 Å². The molecule has 2 rings (SSSR count). The summed E-state index contributed by atoms with van der Waals surface area (Å²) in [6, 6.07) is 10.7. The topological polar surface area (TPSA) is 36.4 Å². The Morgan fingerprint density at radius 2 is 1.86 bits per heavy atom. The van der Waals surface area contributed by atoms with Crippen LogP contribution in [0, 0.1) is 11.8 Å². The minimum absolute atomic E-state index is 0. The fourth-order valence-corrected chi connectivity index (χ4v) is 2.43. The quantitative estimate of drug-likeness (QED) is 0.434. The molecule has 4 heteroatoms. The van der Waals surface area contributed by atoms with E-state index in [0.29, 0.717) is 11.8 Å². The summed E-state index contributed by atoms with van der Waals surface area (Å²) in [5.74, 6) is 2.91. The predicted octanol–water partition coefficient (Wildman–Crippen LogP) is 3.62. The van der Waals surface area contributed by atoms with E-state index in [1.807, 2.05) is 7.05 Å². The number of nitrogens with zero attached hydrogens (tertiary/aromatic N) is 1. The highest BCUT2D eigenvalue weighted by atomic mass is 127. The minimum Gasteiger partial charge on any atom is -0.356 e. The number of halogens is 1. The van der Waals surface area contributed by atoms with E-state index in [-0.39, 0.29) is 24.0 Å². The van der Waals surface area contributed by atoms with Gasteiger partial charge in [0.05, 0.1) is 0 Å². The molecule has 1 atom stereocenters. The van der Waals surface area contributed by atoms with E-state index in [9.17, 15) is 0 Å². The summed E-state index contributed by atoms with van der Waals surface area (Å²) in [5.41, 5.74) is 1.40. The van der Waals surface area contributed by atoms with E-state index < -0.39 is 0 Å². The maximum Gasteiger partial charge on any atom is 0.191 e. The van der Waals surface area contributed by atoms with Gasteiger partial charge in [-0.25, -0.2) is 0 Å². The Bertz CT molecular complexity index is 427. The second-order valence-electron chi connectivity index (χ2n) is 6.04. The molecule has 0 amide bonds. The highest BCUT2D eigenvalue weighted by Gasteiger charge is 2.21. The van der Waals surface area contributed by atoms with Crippen molar-refractivity contribution in [1.29, 1.82) is 0 Å². The first-order valence-electron chi connectivity index (χ1n) is 7.70. The number of rotatable bonds is 6. The Morgan fingerprint density at radius 1 is 1.19 bits per heavy atom. The monoisotopic (exact) mass is 401 g/mol. The molecule has 0 aliphatic heterocycles. The van der Waals surface area contributed by atoms with Gasteiger partial charge < -0.3 is 10.6 Å². The smallest absolute Gasteiger partial charge is 0.191 e. The van der Waals surface area contributed by atoms with Crippen molar-refractivity contribution in [3.8, 4) is 0 Å². The van der Waals surface area contributed by atoms with Crippen molar-refractivity contribution in [2.75, 3.05) is 20.1 Å². The summed E-state index contributed by atoms with van der Waals surface area (Å²) in [7, 11) is 1.84. The van der Waals surface area contributed by atoms with Crippen LogP contribution in [-0.2, 0) is 0 Å². The highest BCUT2D eigenvalue weighted by molar-refractivity contribution is 14.0. The third-order valence-corrected chi connectivity index (χ3v) is 4.00. The molecule has 1 aliphatic rings. The lowest BCUT2D eigenvalue weighted by Gasteiger charge is -2.23. The van der Waals surface area contributed by atoms with Crippen LogP contribution >= 0.6 is 24.0 Å². The molecule has 0 aromatic heterocycles. The van der Waals surface area contributed by atoms with Crippen LogP contribution in [0.2, 0.25) is 0 Å². The minimum atomic E-state index is 0. The summed E-state index contributed by atoms with van der Waals surface area (Å²) in [6.45, 7) is 6.53. The van der Waals surface area contributed by atoms with Gasteiger partial charge in [0, 0.05) is 26.1 Å². The molecule has 0 radical (unpaired) electrons. The van der Waals surface area contributed by atoms with Crippen molar-refractivity contribution in [2.24, 2.45) is 16.8 Å². The Balaban J connectivity index is 0.00000220. The molecule has 0 saturated heterocycles. The van der Waals surface area contributed by atoms with E-state index >= 15 is 0 Å². The molecule has 2 N–H and O–H groups in total. The van der Waals surface area contributed by atoms with Gasteiger partial charge in [-0.3, -0.25) is 4.99 Å². The summed E-state index contributed by atoms with van der Waals surface area (Å²) in [5, 5.41) is 6.89. The number of hydrogen-bond donors (Lipinski definition) is 2. The van der Waals surface area contributed by atoms with Crippen molar-refractivity contribution in [3.05, 3.63) is 35.9 Å². The zero-order valence-corrected chi connectivity index (χ0v) is 15.6. The van der Waals surface area contributed by atoms with Crippen LogP contribution in [0.15, 0.2) is 35.3 Å².